The van der Waals surface area contributed by atoms with Gasteiger partial charge in [-0.1, -0.05) is 49.6 Å². The van der Waals surface area contributed by atoms with Crippen molar-refractivity contribution in [3.05, 3.63) is 35.9 Å². The Morgan fingerprint density at radius 3 is 2.33 bits per heavy atom. The van der Waals surface area contributed by atoms with E-state index in [0.717, 1.165) is 6.42 Å². The maximum atomic E-state index is 10.1. The lowest BCUT2D eigenvalue weighted by molar-refractivity contribution is 0.135. The first-order chi connectivity index (χ1) is 9.25. The first-order valence-electron chi connectivity index (χ1n) is 7.46. The van der Waals surface area contributed by atoms with Gasteiger partial charge >= 0.3 is 0 Å². The van der Waals surface area contributed by atoms with Crippen LogP contribution >= 0.6 is 24.8 Å². The Hall–Kier alpha value is -0.320. The maximum Gasteiger partial charge on any atom is 0.0818 e. The summed E-state index contributed by atoms with van der Waals surface area (Å²) >= 11 is 0. The summed E-state index contributed by atoms with van der Waals surface area (Å²) in [6.45, 7) is 0.610. The van der Waals surface area contributed by atoms with Crippen molar-refractivity contribution >= 4 is 24.8 Å². The molecule has 0 radical (unpaired) electrons. The number of hydrogen-bond acceptors (Lipinski definition) is 3. The Kier molecular flexibility index (Phi) is 11.1. The molecule has 2 rings (SSSR count). The van der Waals surface area contributed by atoms with Crippen molar-refractivity contribution < 1.29 is 5.11 Å². The van der Waals surface area contributed by atoms with Gasteiger partial charge in [0.2, 0.25) is 0 Å². The van der Waals surface area contributed by atoms with E-state index in [2.05, 4.69) is 17.4 Å². The predicted molar refractivity (Wildman–Crippen MR) is 93.5 cm³/mol. The Morgan fingerprint density at radius 2 is 1.71 bits per heavy atom. The van der Waals surface area contributed by atoms with E-state index in [1.807, 2.05) is 18.2 Å². The first-order valence-corrected chi connectivity index (χ1v) is 7.46. The highest BCUT2D eigenvalue weighted by Crippen LogP contribution is 2.17. The molecule has 2 atom stereocenters. The zero-order chi connectivity index (χ0) is 13.5. The standard InChI is InChI=1S/C16H26N2O.2ClH/c17-15(11-13-7-3-1-4-8-13)16(19)12-18-14-9-5-2-6-10-14;;/h1,3-4,7-8,14-16,18-19H,2,5-6,9-12,17H2;2*1H/t15-,16+;;/m0../s1. The van der Waals surface area contributed by atoms with Crippen LogP contribution in [0.1, 0.15) is 37.7 Å². The van der Waals surface area contributed by atoms with Crippen molar-refractivity contribution in [2.45, 2.75) is 56.7 Å². The summed E-state index contributed by atoms with van der Waals surface area (Å²) < 4.78 is 0. The van der Waals surface area contributed by atoms with Gasteiger partial charge in [0.1, 0.15) is 0 Å². The van der Waals surface area contributed by atoms with Gasteiger partial charge < -0.3 is 16.2 Å². The molecule has 21 heavy (non-hydrogen) atoms. The minimum atomic E-state index is -0.470. The van der Waals surface area contributed by atoms with Crippen LogP contribution in [0, 0.1) is 0 Å². The summed E-state index contributed by atoms with van der Waals surface area (Å²) in [5.41, 5.74) is 7.26. The molecule has 0 amide bonds. The van der Waals surface area contributed by atoms with Gasteiger partial charge in [-0.3, -0.25) is 0 Å². The molecule has 0 unspecified atom stereocenters. The average Bonchev–Trinajstić information content (AvgIpc) is 2.47. The molecule has 1 aliphatic carbocycles. The number of hydrogen-bond donors (Lipinski definition) is 3. The molecule has 1 aromatic carbocycles. The lowest BCUT2D eigenvalue weighted by Gasteiger charge is -2.26. The van der Waals surface area contributed by atoms with Gasteiger partial charge in [-0.25, -0.2) is 0 Å². The zero-order valence-electron chi connectivity index (χ0n) is 12.4. The molecule has 0 heterocycles. The van der Waals surface area contributed by atoms with E-state index in [9.17, 15) is 5.11 Å². The van der Waals surface area contributed by atoms with Crippen LogP contribution in [-0.2, 0) is 6.42 Å². The molecule has 1 saturated carbocycles. The predicted octanol–water partition coefficient (Wildman–Crippen LogP) is 2.68. The van der Waals surface area contributed by atoms with E-state index in [1.54, 1.807) is 0 Å². The Balaban J connectivity index is 0.00000200. The number of aliphatic hydroxyl groups is 1. The van der Waals surface area contributed by atoms with Gasteiger partial charge in [0.15, 0.2) is 0 Å². The Labute approximate surface area is 140 Å². The highest BCUT2D eigenvalue weighted by molar-refractivity contribution is 5.85. The molecule has 0 aliphatic heterocycles. The zero-order valence-corrected chi connectivity index (χ0v) is 14.0. The van der Waals surface area contributed by atoms with E-state index in [1.165, 1.54) is 37.7 Å². The van der Waals surface area contributed by atoms with Crippen LogP contribution in [-0.4, -0.2) is 29.8 Å². The van der Waals surface area contributed by atoms with Gasteiger partial charge in [-0.05, 0) is 24.8 Å². The second-order valence-corrected chi connectivity index (χ2v) is 5.66. The van der Waals surface area contributed by atoms with E-state index >= 15 is 0 Å². The van der Waals surface area contributed by atoms with E-state index in [-0.39, 0.29) is 30.9 Å². The highest BCUT2D eigenvalue weighted by Gasteiger charge is 2.18. The fraction of sp³-hybridized carbons (Fsp3) is 0.625. The van der Waals surface area contributed by atoms with Gasteiger partial charge in [0.05, 0.1) is 6.10 Å². The van der Waals surface area contributed by atoms with E-state index < -0.39 is 6.10 Å². The molecule has 1 aromatic rings. The van der Waals surface area contributed by atoms with Gasteiger partial charge in [0.25, 0.3) is 0 Å². The van der Waals surface area contributed by atoms with Crippen LogP contribution in [0.3, 0.4) is 0 Å². The van der Waals surface area contributed by atoms with Crippen molar-refractivity contribution in [1.29, 1.82) is 0 Å². The second kappa shape index (κ2) is 11.3. The van der Waals surface area contributed by atoms with Crippen molar-refractivity contribution in [2.75, 3.05) is 6.54 Å². The number of halogens is 2. The van der Waals surface area contributed by atoms with Crippen LogP contribution in [0.4, 0.5) is 0 Å². The molecule has 0 saturated heterocycles. The van der Waals surface area contributed by atoms with Crippen LogP contribution in [0.2, 0.25) is 0 Å². The minimum Gasteiger partial charge on any atom is -0.390 e. The molecule has 0 spiro atoms. The van der Waals surface area contributed by atoms with Crippen LogP contribution < -0.4 is 11.1 Å². The van der Waals surface area contributed by atoms with Crippen LogP contribution in [0.25, 0.3) is 0 Å². The molecule has 4 N–H and O–H groups in total. The van der Waals surface area contributed by atoms with E-state index in [4.69, 9.17) is 5.73 Å². The molecule has 122 valence electrons. The van der Waals surface area contributed by atoms with Crippen molar-refractivity contribution in [3.8, 4) is 0 Å². The van der Waals surface area contributed by atoms with Gasteiger partial charge in [-0.2, -0.15) is 0 Å². The van der Waals surface area contributed by atoms with Crippen LogP contribution in [0.5, 0.6) is 0 Å². The highest BCUT2D eigenvalue weighted by atomic mass is 35.5. The number of nitrogens with two attached hydrogens (primary N) is 1. The monoisotopic (exact) mass is 334 g/mol. The number of nitrogens with one attached hydrogen (secondary N) is 1. The lowest BCUT2D eigenvalue weighted by atomic mass is 9.95. The Morgan fingerprint density at radius 1 is 1.10 bits per heavy atom. The number of benzene rings is 1. The largest absolute Gasteiger partial charge is 0.390 e. The third-order valence-corrected chi connectivity index (χ3v) is 4.03. The van der Waals surface area contributed by atoms with E-state index in [0.29, 0.717) is 12.6 Å². The molecule has 0 aromatic heterocycles. The molecule has 1 fully saturated rings. The molecular formula is C16H28Cl2N2O. The molecule has 0 bridgehead atoms. The summed E-state index contributed by atoms with van der Waals surface area (Å²) in [5, 5.41) is 13.6. The average molecular weight is 335 g/mol. The third kappa shape index (κ3) is 7.48. The van der Waals surface area contributed by atoms with Gasteiger partial charge in [0, 0.05) is 18.6 Å². The number of rotatable bonds is 6. The van der Waals surface area contributed by atoms with Crippen LogP contribution in [0.15, 0.2) is 30.3 Å². The topological polar surface area (TPSA) is 58.3 Å². The second-order valence-electron chi connectivity index (χ2n) is 5.66. The van der Waals surface area contributed by atoms with Gasteiger partial charge in [-0.15, -0.1) is 24.8 Å². The maximum absolute atomic E-state index is 10.1. The number of aliphatic hydroxyl groups excluding tert-OH is 1. The molecule has 3 nitrogen and oxygen atoms in total. The summed E-state index contributed by atoms with van der Waals surface area (Å²) in [6, 6.07) is 10.5. The smallest absolute Gasteiger partial charge is 0.0818 e. The summed E-state index contributed by atoms with van der Waals surface area (Å²) in [5.74, 6) is 0. The fourth-order valence-corrected chi connectivity index (χ4v) is 2.77. The fourth-order valence-electron chi connectivity index (χ4n) is 2.77. The molecular weight excluding hydrogens is 307 g/mol. The molecule has 5 heteroatoms. The Bertz CT molecular complexity index is 359. The third-order valence-electron chi connectivity index (χ3n) is 4.03. The molecule has 1 aliphatic rings. The normalized spacial score (nSPS) is 18.2. The lowest BCUT2D eigenvalue weighted by Crippen LogP contribution is -2.46. The van der Waals surface area contributed by atoms with Crippen molar-refractivity contribution in [1.82, 2.24) is 5.32 Å². The quantitative estimate of drug-likeness (QED) is 0.749. The first kappa shape index (κ1) is 20.7. The minimum absolute atomic E-state index is 0. The SMILES string of the molecule is Cl.Cl.N[C@@H](Cc1ccccc1)[C@H](O)CNC1CCCCC1. The summed E-state index contributed by atoms with van der Waals surface area (Å²) in [7, 11) is 0. The van der Waals surface area contributed by atoms with Crippen molar-refractivity contribution in [2.24, 2.45) is 5.73 Å². The summed E-state index contributed by atoms with van der Waals surface area (Å²) in [6.07, 6.45) is 6.71. The summed E-state index contributed by atoms with van der Waals surface area (Å²) in [4.78, 5) is 0. The van der Waals surface area contributed by atoms with Crippen molar-refractivity contribution in [3.63, 3.8) is 0 Å².